The largest absolute Gasteiger partial charge is 0.481 e. The molecule has 0 aliphatic carbocycles. The first-order valence-electron chi connectivity index (χ1n) is 24.0. The Balaban J connectivity index is 1.71. The van der Waals surface area contributed by atoms with Crippen LogP contribution in [0.15, 0.2) is 29.6 Å². The van der Waals surface area contributed by atoms with Crippen LogP contribution in [0.4, 0.5) is 4.79 Å². The maximum atomic E-state index is 14.7. The second-order valence-electron chi connectivity index (χ2n) is 17.7. The molecule has 1 aliphatic heterocycles. The molecule has 3 rings (SSSR count). The lowest BCUT2D eigenvalue weighted by molar-refractivity contribution is -0.143. The minimum atomic E-state index is -0.867. The first-order valence-corrected chi connectivity index (χ1v) is 24.8. The lowest BCUT2D eigenvalue weighted by atomic mass is 9.92. The average molecular weight is 932 g/mol. The van der Waals surface area contributed by atoms with Gasteiger partial charge in [-0.1, -0.05) is 73.4 Å². The molecular weight excluding hydrogens is 851 g/mol. The van der Waals surface area contributed by atoms with Crippen molar-refractivity contribution < 1.29 is 43.2 Å². The molecule has 16 nitrogen and oxygen atoms in total. The first-order chi connectivity index (χ1) is 31.2. The Bertz CT molecular complexity index is 1680. The van der Waals surface area contributed by atoms with E-state index >= 15 is 0 Å². The highest BCUT2D eigenvalue weighted by Gasteiger charge is 2.38. The molecule has 0 spiro atoms. The molecular formula is C48H81N7O9S. The van der Waals surface area contributed by atoms with Crippen molar-refractivity contribution in [2.75, 3.05) is 66.3 Å². The molecule has 17 heteroatoms. The molecule has 1 aromatic heterocycles. The lowest BCUT2D eigenvalue weighted by Gasteiger charge is -2.40. The van der Waals surface area contributed by atoms with E-state index in [4.69, 9.17) is 29.7 Å². The summed E-state index contributed by atoms with van der Waals surface area (Å²) in [5.74, 6) is -1.12. The molecule has 1 saturated heterocycles. The summed E-state index contributed by atoms with van der Waals surface area (Å²) in [5, 5.41) is 22.1. The fourth-order valence-electron chi connectivity index (χ4n) is 8.00. The molecule has 368 valence electrons. The van der Waals surface area contributed by atoms with E-state index in [2.05, 4.69) is 55.5 Å². The number of likely N-dealkylation sites (tertiary alicyclic amines) is 1. The maximum absolute atomic E-state index is 14.7. The van der Waals surface area contributed by atoms with Gasteiger partial charge in [0.25, 0.3) is 0 Å². The maximum Gasteiger partial charge on any atom is 0.412 e. The van der Waals surface area contributed by atoms with E-state index in [9.17, 15) is 24.3 Å². The fraction of sp³-hybridized carbons (Fsp3) is 0.729. The highest BCUT2D eigenvalue weighted by atomic mass is 32.1. The zero-order valence-corrected chi connectivity index (χ0v) is 41.3. The van der Waals surface area contributed by atoms with E-state index in [1.54, 1.807) is 19.1 Å². The normalized spacial score (nSPS) is 17.2. The predicted molar refractivity (Wildman–Crippen MR) is 255 cm³/mol. The molecule has 0 unspecified atom stereocenters. The van der Waals surface area contributed by atoms with E-state index in [0.717, 1.165) is 61.3 Å². The van der Waals surface area contributed by atoms with Gasteiger partial charge in [0.1, 0.15) is 22.9 Å². The summed E-state index contributed by atoms with van der Waals surface area (Å²) in [6.07, 6.45) is 5.76. The number of piperidine rings is 1. The summed E-state index contributed by atoms with van der Waals surface area (Å²) in [5.41, 5.74) is 7.16. The second kappa shape index (κ2) is 30.6. The number of carboxylic acids is 1. The lowest BCUT2D eigenvalue weighted by Crippen LogP contribution is -2.58. The van der Waals surface area contributed by atoms with Gasteiger partial charge >= 0.3 is 12.1 Å². The summed E-state index contributed by atoms with van der Waals surface area (Å²) in [4.78, 5) is 61.8. The number of aliphatic carboxylic acids is 1. The van der Waals surface area contributed by atoms with Crippen LogP contribution in [-0.2, 0) is 41.6 Å². The Morgan fingerprint density at radius 2 is 1.69 bits per heavy atom. The Morgan fingerprint density at radius 3 is 2.32 bits per heavy atom. The van der Waals surface area contributed by atoms with Gasteiger partial charge in [-0.2, -0.15) is 0 Å². The second-order valence-corrected chi connectivity index (χ2v) is 18.6. The summed E-state index contributed by atoms with van der Waals surface area (Å²) in [7, 11) is 1.99. The predicted octanol–water partition coefficient (Wildman–Crippen LogP) is 6.17. The first kappa shape index (κ1) is 55.6. The number of carboxylic acid groups (broad SMARTS) is 1. The van der Waals surface area contributed by atoms with Gasteiger partial charge in [0.15, 0.2) is 0 Å². The minimum Gasteiger partial charge on any atom is -0.481 e. The number of aromatic nitrogens is 1. The Morgan fingerprint density at radius 1 is 0.969 bits per heavy atom. The molecule has 1 aromatic carbocycles. The third-order valence-corrected chi connectivity index (χ3v) is 13.0. The summed E-state index contributed by atoms with van der Waals surface area (Å²) in [6, 6.07) is 5.96. The number of nitrogens with two attached hydrogens (primary N) is 1. The van der Waals surface area contributed by atoms with Crippen molar-refractivity contribution in [3.63, 3.8) is 0 Å². The van der Waals surface area contributed by atoms with Crippen LogP contribution in [-0.4, -0.2) is 134 Å². The van der Waals surface area contributed by atoms with Crippen LogP contribution in [0.25, 0.3) is 0 Å². The van der Waals surface area contributed by atoms with E-state index in [-0.39, 0.29) is 54.4 Å². The molecule has 1 aliphatic rings. The number of carbonyl (C=O) groups is 4. The van der Waals surface area contributed by atoms with Gasteiger partial charge in [-0.15, -0.1) is 11.3 Å². The number of ether oxygens (including phenoxy) is 4. The Kier molecular flexibility index (Phi) is 26.1. The SMILES string of the molecule is CCCO[C@H](C[C@H](C(C)C)N(CCC)C(=O)[C@@H](NC(=O)[C@H]1CCCCN1C)[C@@H](C)CC)c1nc(CN[C@@H](Cc2ccc(OC(=O)NCCOCCOCCN)cc2)C[C@H](C)C(=O)O)cs1. The van der Waals surface area contributed by atoms with Gasteiger partial charge in [0, 0.05) is 56.7 Å². The fourth-order valence-corrected chi connectivity index (χ4v) is 8.87. The number of likely N-dealkylation sites (N-methyl/N-ethyl adjacent to an activating group) is 1. The van der Waals surface area contributed by atoms with Crippen molar-refractivity contribution in [1.29, 1.82) is 0 Å². The van der Waals surface area contributed by atoms with Crippen LogP contribution < -0.4 is 26.4 Å². The van der Waals surface area contributed by atoms with Crippen LogP contribution in [0.2, 0.25) is 0 Å². The van der Waals surface area contributed by atoms with Crippen molar-refractivity contribution in [2.24, 2.45) is 23.5 Å². The minimum absolute atomic E-state index is 0.0438. The van der Waals surface area contributed by atoms with Crippen molar-refractivity contribution in [2.45, 2.75) is 143 Å². The average Bonchev–Trinajstić information content (AvgIpc) is 3.76. The number of benzene rings is 1. The molecule has 0 radical (unpaired) electrons. The van der Waals surface area contributed by atoms with Gasteiger partial charge in [-0.25, -0.2) is 9.78 Å². The van der Waals surface area contributed by atoms with Gasteiger partial charge < -0.3 is 50.6 Å². The van der Waals surface area contributed by atoms with E-state index in [1.807, 2.05) is 36.4 Å². The number of thiazole rings is 1. The highest BCUT2D eigenvalue weighted by molar-refractivity contribution is 7.09. The Labute approximate surface area is 392 Å². The molecule has 0 bridgehead atoms. The number of hydrogen-bond acceptors (Lipinski definition) is 13. The summed E-state index contributed by atoms with van der Waals surface area (Å²) < 4.78 is 22.6. The molecule has 65 heavy (non-hydrogen) atoms. The zero-order chi connectivity index (χ0) is 47.7. The number of nitrogens with zero attached hydrogens (tertiary/aromatic N) is 3. The molecule has 7 atom stereocenters. The zero-order valence-electron chi connectivity index (χ0n) is 40.5. The van der Waals surface area contributed by atoms with Gasteiger partial charge in [0.2, 0.25) is 11.8 Å². The van der Waals surface area contributed by atoms with Crippen LogP contribution in [0.3, 0.4) is 0 Å². The van der Waals surface area contributed by atoms with Crippen molar-refractivity contribution >= 4 is 35.2 Å². The van der Waals surface area contributed by atoms with Crippen molar-refractivity contribution in [3.05, 3.63) is 45.9 Å². The quantitative estimate of drug-likeness (QED) is 0.0521. The van der Waals surface area contributed by atoms with Crippen LogP contribution in [0, 0.1) is 17.8 Å². The summed E-state index contributed by atoms with van der Waals surface area (Å²) in [6.45, 7) is 19.0. The molecule has 6 N–H and O–H groups in total. The smallest absolute Gasteiger partial charge is 0.412 e. The van der Waals surface area contributed by atoms with E-state index < -0.39 is 24.0 Å². The van der Waals surface area contributed by atoms with E-state index in [1.165, 1.54) is 11.3 Å². The van der Waals surface area contributed by atoms with Crippen molar-refractivity contribution in [3.8, 4) is 5.75 Å². The van der Waals surface area contributed by atoms with E-state index in [0.29, 0.717) is 77.7 Å². The van der Waals surface area contributed by atoms with Gasteiger partial charge in [-0.05, 0) is 81.6 Å². The Hall–Kier alpha value is -3.71. The number of carbonyl (C=O) groups excluding carboxylic acids is 3. The number of amides is 3. The monoisotopic (exact) mass is 932 g/mol. The molecule has 0 saturated carbocycles. The third-order valence-electron chi connectivity index (χ3n) is 12.0. The standard InChI is InChI=1S/C48H81N7O9S/c1-9-21-55(46(57)43(34(6)11-3)53-44(56)40-14-12-13-22-54(40)8)41(33(4)5)30-42(63-23-10-2)45-52-38(32-65-45)31-51-37(28-35(7)47(58)59)29-36-15-17-39(18-16-36)64-48(60)50-20-25-62-27-26-61-24-19-49/h15-18,32-35,37,40-43,51H,9-14,19-31,49H2,1-8H3,(H,50,60)(H,53,56)(H,58,59)/t34-,35-,37+,40+,41+,42+,43-/m0/s1. The summed E-state index contributed by atoms with van der Waals surface area (Å²) >= 11 is 1.53. The van der Waals surface area contributed by atoms with Crippen molar-refractivity contribution in [1.82, 2.24) is 30.7 Å². The number of nitrogens with one attached hydrogen (secondary N) is 3. The highest BCUT2D eigenvalue weighted by Crippen LogP contribution is 2.32. The van der Waals surface area contributed by atoms with Crippen LogP contribution in [0.1, 0.15) is 122 Å². The number of rotatable bonds is 32. The number of hydrogen-bond donors (Lipinski definition) is 5. The molecule has 1 fully saturated rings. The third kappa shape index (κ3) is 19.6. The van der Waals surface area contributed by atoms with Crippen LogP contribution >= 0.6 is 11.3 Å². The molecule has 3 amide bonds. The van der Waals surface area contributed by atoms with Gasteiger partial charge in [0.05, 0.1) is 44.1 Å². The van der Waals surface area contributed by atoms with Crippen LogP contribution in [0.5, 0.6) is 5.75 Å². The van der Waals surface area contributed by atoms with Gasteiger partial charge in [-0.3, -0.25) is 19.3 Å². The molecule has 2 heterocycles. The molecule has 2 aromatic rings. The topological polar surface area (TPSA) is 207 Å².